The number of aromatic nitrogens is 6. The van der Waals surface area contributed by atoms with Crippen molar-refractivity contribution in [2.75, 3.05) is 0 Å². The van der Waals surface area contributed by atoms with E-state index in [1.807, 2.05) is 19.1 Å². The van der Waals surface area contributed by atoms with Gasteiger partial charge in [-0.3, -0.25) is 10.1 Å². The van der Waals surface area contributed by atoms with Crippen LogP contribution in [0.4, 0.5) is 0 Å². The smallest absolute Gasteiger partial charge is 0.260 e. The minimum atomic E-state index is 0.376. The number of hydrogen-bond donors (Lipinski definition) is 1. The molecule has 0 spiro atoms. The monoisotopic (exact) mass is 228 g/mol. The standard InChI is InChI=1S/C10H8N6O/c1-6-7(3-2-4-11-6)10-14-9(16-17-10)8-12-5-13-15-8/h2-5H,1H3,(H,12,13,15). The first-order valence-electron chi connectivity index (χ1n) is 4.96. The zero-order valence-corrected chi connectivity index (χ0v) is 8.95. The molecule has 0 aromatic carbocycles. The topological polar surface area (TPSA) is 93.4 Å². The van der Waals surface area contributed by atoms with Gasteiger partial charge in [-0.15, -0.1) is 0 Å². The van der Waals surface area contributed by atoms with Crippen LogP contribution in [0.15, 0.2) is 29.2 Å². The second-order valence-corrected chi connectivity index (χ2v) is 3.39. The molecule has 0 fully saturated rings. The Labute approximate surface area is 95.9 Å². The van der Waals surface area contributed by atoms with Gasteiger partial charge >= 0.3 is 0 Å². The Hall–Kier alpha value is -2.57. The summed E-state index contributed by atoms with van der Waals surface area (Å²) in [6.45, 7) is 1.88. The Morgan fingerprint density at radius 2 is 2.24 bits per heavy atom. The highest BCUT2D eigenvalue weighted by Gasteiger charge is 2.14. The summed E-state index contributed by atoms with van der Waals surface area (Å²) in [7, 11) is 0. The average Bonchev–Trinajstić information content (AvgIpc) is 3.00. The molecule has 17 heavy (non-hydrogen) atoms. The van der Waals surface area contributed by atoms with Crippen molar-refractivity contribution in [3.63, 3.8) is 0 Å². The highest BCUT2D eigenvalue weighted by Crippen LogP contribution is 2.21. The zero-order valence-electron chi connectivity index (χ0n) is 8.95. The largest absolute Gasteiger partial charge is 0.333 e. The maximum Gasteiger partial charge on any atom is 0.260 e. The van der Waals surface area contributed by atoms with E-state index in [1.54, 1.807) is 6.20 Å². The lowest BCUT2D eigenvalue weighted by atomic mass is 10.2. The van der Waals surface area contributed by atoms with Gasteiger partial charge in [0.05, 0.1) is 5.56 Å². The fraction of sp³-hybridized carbons (Fsp3) is 0.100. The number of H-pyrrole nitrogens is 1. The average molecular weight is 228 g/mol. The van der Waals surface area contributed by atoms with Crippen LogP contribution in [0, 0.1) is 6.92 Å². The van der Waals surface area contributed by atoms with E-state index < -0.39 is 0 Å². The summed E-state index contributed by atoms with van der Waals surface area (Å²) in [4.78, 5) is 12.3. The molecule has 1 N–H and O–H groups in total. The summed E-state index contributed by atoms with van der Waals surface area (Å²) in [5.74, 6) is 1.27. The number of nitrogens with one attached hydrogen (secondary N) is 1. The van der Waals surface area contributed by atoms with Crippen LogP contribution < -0.4 is 0 Å². The third kappa shape index (κ3) is 1.67. The van der Waals surface area contributed by atoms with Crippen molar-refractivity contribution in [3.8, 4) is 23.1 Å². The summed E-state index contributed by atoms with van der Waals surface area (Å²) in [6.07, 6.45) is 3.10. The number of pyridine rings is 1. The van der Waals surface area contributed by atoms with Gasteiger partial charge in [-0.05, 0) is 19.1 Å². The van der Waals surface area contributed by atoms with Gasteiger partial charge in [0.1, 0.15) is 6.33 Å². The molecule has 0 radical (unpaired) electrons. The van der Waals surface area contributed by atoms with E-state index >= 15 is 0 Å². The van der Waals surface area contributed by atoms with Gasteiger partial charge in [-0.25, -0.2) is 4.98 Å². The van der Waals surface area contributed by atoms with Gasteiger partial charge in [-0.1, -0.05) is 5.16 Å². The van der Waals surface area contributed by atoms with E-state index in [2.05, 4.69) is 30.3 Å². The molecule has 0 saturated carbocycles. The maximum absolute atomic E-state index is 5.17. The minimum absolute atomic E-state index is 0.376. The van der Waals surface area contributed by atoms with Crippen molar-refractivity contribution in [3.05, 3.63) is 30.4 Å². The van der Waals surface area contributed by atoms with Crippen LogP contribution in [-0.2, 0) is 0 Å². The van der Waals surface area contributed by atoms with Crippen LogP contribution in [0.2, 0.25) is 0 Å². The SMILES string of the molecule is Cc1ncccc1-c1nc(-c2ncn[nH]2)no1. The fourth-order valence-corrected chi connectivity index (χ4v) is 1.45. The normalized spacial score (nSPS) is 10.6. The molecule has 3 heterocycles. The molecule has 0 aliphatic heterocycles. The van der Waals surface area contributed by atoms with E-state index in [-0.39, 0.29) is 0 Å². The molecule has 0 unspecified atom stereocenters. The Morgan fingerprint density at radius 3 is 3.00 bits per heavy atom. The van der Waals surface area contributed by atoms with Gasteiger partial charge < -0.3 is 4.52 Å². The Morgan fingerprint density at radius 1 is 1.29 bits per heavy atom. The van der Waals surface area contributed by atoms with Crippen LogP contribution in [0.3, 0.4) is 0 Å². The first kappa shape index (κ1) is 9.64. The number of aromatic amines is 1. The fourth-order valence-electron chi connectivity index (χ4n) is 1.45. The third-order valence-corrected chi connectivity index (χ3v) is 2.29. The van der Waals surface area contributed by atoms with Gasteiger partial charge in [0.25, 0.3) is 5.89 Å². The quantitative estimate of drug-likeness (QED) is 0.708. The van der Waals surface area contributed by atoms with Crippen LogP contribution >= 0.6 is 0 Å². The summed E-state index contributed by atoms with van der Waals surface area (Å²) >= 11 is 0. The summed E-state index contributed by atoms with van der Waals surface area (Å²) in [5, 5.41) is 10.2. The Kier molecular flexibility index (Phi) is 2.14. The van der Waals surface area contributed by atoms with Gasteiger partial charge in [-0.2, -0.15) is 10.1 Å². The van der Waals surface area contributed by atoms with Crippen molar-refractivity contribution in [1.29, 1.82) is 0 Å². The first-order valence-corrected chi connectivity index (χ1v) is 4.96. The zero-order chi connectivity index (χ0) is 11.7. The lowest BCUT2D eigenvalue weighted by Gasteiger charge is -1.96. The first-order chi connectivity index (χ1) is 8.34. The molecular weight excluding hydrogens is 220 g/mol. The highest BCUT2D eigenvalue weighted by molar-refractivity contribution is 5.57. The van der Waals surface area contributed by atoms with Crippen molar-refractivity contribution < 1.29 is 4.52 Å². The van der Waals surface area contributed by atoms with Gasteiger partial charge in [0.15, 0.2) is 5.82 Å². The van der Waals surface area contributed by atoms with Gasteiger partial charge in [0.2, 0.25) is 5.82 Å². The minimum Gasteiger partial charge on any atom is -0.333 e. The van der Waals surface area contributed by atoms with E-state index in [0.29, 0.717) is 17.5 Å². The molecule has 84 valence electrons. The number of aryl methyl sites for hydroxylation is 1. The van der Waals surface area contributed by atoms with Gasteiger partial charge in [0, 0.05) is 11.9 Å². The molecule has 3 aromatic heterocycles. The van der Waals surface area contributed by atoms with E-state index in [1.165, 1.54) is 6.33 Å². The molecule has 0 bridgehead atoms. The van der Waals surface area contributed by atoms with Crippen LogP contribution in [0.25, 0.3) is 23.1 Å². The molecule has 0 saturated heterocycles. The Balaban J connectivity index is 2.04. The Bertz CT molecular complexity index is 630. The van der Waals surface area contributed by atoms with E-state index in [9.17, 15) is 0 Å². The predicted octanol–water partition coefficient (Wildman–Crippen LogP) is 1.23. The summed E-state index contributed by atoms with van der Waals surface area (Å²) in [6, 6.07) is 3.70. The van der Waals surface area contributed by atoms with Crippen LogP contribution in [0.1, 0.15) is 5.69 Å². The molecule has 7 nitrogen and oxygen atoms in total. The number of nitrogens with zero attached hydrogens (tertiary/aromatic N) is 5. The van der Waals surface area contributed by atoms with Crippen LogP contribution in [-0.4, -0.2) is 30.3 Å². The van der Waals surface area contributed by atoms with Crippen molar-refractivity contribution in [1.82, 2.24) is 30.3 Å². The molecule has 0 atom stereocenters. The molecule has 0 amide bonds. The lowest BCUT2D eigenvalue weighted by Crippen LogP contribution is -1.87. The second kappa shape index (κ2) is 3.78. The highest BCUT2D eigenvalue weighted by atomic mass is 16.5. The second-order valence-electron chi connectivity index (χ2n) is 3.39. The summed E-state index contributed by atoms with van der Waals surface area (Å²) in [5.41, 5.74) is 1.64. The van der Waals surface area contributed by atoms with Crippen LogP contribution in [0.5, 0.6) is 0 Å². The predicted molar refractivity (Wildman–Crippen MR) is 57.6 cm³/mol. The molecule has 7 heteroatoms. The third-order valence-electron chi connectivity index (χ3n) is 2.29. The van der Waals surface area contributed by atoms with E-state index in [0.717, 1.165) is 11.3 Å². The molecular formula is C10H8N6O. The molecule has 3 aromatic rings. The molecule has 3 rings (SSSR count). The molecule has 0 aliphatic rings. The molecule has 0 aliphatic carbocycles. The van der Waals surface area contributed by atoms with E-state index in [4.69, 9.17) is 4.52 Å². The lowest BCUT2D eigenvalue weighted by molar-refractivity contribution is 0.431. The van der Waals surface area contributed by atoms with Crippen molar-refractivity contribution in [2.24, 2.45) is 0 Å². The summed E-state index contributed by atoms with van der Waals surface area (Å²) < 4.78 is 5.17. The maximum atomic E-state index is 5.17. The van der Waals surface area contributed by atoms with Crippen molar-refractivity contribution >= 4 is 0 Å². The number of hydrogen-bond acceptors (Lipinski definition) is 6. The number of rotatable bonds is 2. The van der Waals surface area contributed by atoms with Crippen molar-refractivity contribution in [2.45, 2.75) is 6.92 Å².